The van der Waals surface area contributed by atoms with Crippen LogP contribution in [0.2, 0.25) is 0 Å². The van der Waals surface area contributed by atoms with E-state index in [4.69, 9.17) is 9.92 Å². The largest absolute Gasteiger partial charge is 0.384 e. The van der Waals surface area contributed by atoms with Gasteiger partial charge in [-0.25, -0.2) is 9.97 Å². The van der Waals surface area contributed by atoms with Crippen LogP contribution in [0.25, 0.3) is 0 Å². The lowest BCUT2D eigenvalue weighted by molar-refractivity contribution is 0.227. The predicted molar refractivity (Wildman–Crippen MR) is 85.2 cm³/mol. The van der Waals surface area contributed by atoms with Gasteiger partial charge in [0.1, 0.15) is 17.5 Å². The molecule has 0 aliphatic carbocycles. The number of rotatable bonds is 6. The summed E-state index contributed by atoms with van der Waals surface area (Å²) in [6.07, 6.45) is 1.77. The Morgan fingerprint density at radius 1 is 1.27 bits per heavy atom. The van der Waals surface area contributed by atoms with E-state index in [1.165, 1.54) is 0 Å². The molecule has 2 rings (SSSR count). The second-order valence-electron chi connectivity index (χ2n) is 5.41. The lowest BCUT2D eigenvalue weighted by atomic mass is 10.3. The van der Waals surface area contributed by atoms with Crippen molar-refractivity contribution in [1.29, 1.82) is 0 Å². The molecule has 1 aromatic heterocycles. The molecule has 1 aliphatic heterocycles. The number of hydrogen-bond donors (Lipinski definition) is 1. The van der Waals surface area contributed by atoms with E-state index >= 15 is 0 Å². The Bertz CT molecular complexity index is 579. The van der Waals surface area contributed by atoms with Crippen LogP contribution in [0.4, 0.5) is 11.6 Å². The van der Waals surface area contributed by atoms with Crippen molar-refractivity contribution in [2.45, 2.75) is 13.3 Å². The molecule has 0 aromatic carbocycles. The van der Waals surface area contributed by atoms with E-state index in [0.717, 1.165) is 44.8 Å². The van der Waals surface area contributed by atoms with Crippen LogP contribution < -0.4 is 10.6 Å². The summed E-state index contributed by atoms with van der Waals surface area (Å²) in [4.78, 5) is 13.0. The highest BCUT2D eigenvalue weighted by atomic mass is 32.2. The third kappa shape index (κ3) is 5.39. The first-order chi connectivity index (χ1) is 10.3. The van der Waals surface area contributed by atoms with Crippen molar-refractivity contribution in [1.82, 2.24) is 14.9 Å². The van der Waals surface area contributed by atoms with Crippen LogP contribution in [0.1, 0.15) is 12.2 Å². The average Bonchev–Trinajstić information content (AvgIpc) is 2.42. The lowest BCUT2D eigenvalue weighted by Gasteiger charge is -2.35. The van der Waals surface area contributed by atoms with Gasteiger partial charge in [0.25, 0.3) is 10.1 Å². The first kappa shape index (κ1) is 16.9. The van der Waals surface area contributed by atoms with Gasteiger partial charge >= 0.3 is 0 Å². The number of nitrogens with zero attached hydrogens (tertiary/aromatic N) is 4. The summed E-state index contributed by atoms with van der Waals surface area (Å²) >= 11 is 0. The van der Waals surface area contributed by atoms with Crippen LogP contribution in [0, 0.1) is 6.92 Å². The highest BCUT2D eigenvalue weighted by Crippen LogP contribution is 2.16. The average molecular weight is 329 g/mol. The van der Waals surface area contributed by atoms with Crippen LogP contribution in [-0.2, 0) is 14.3 Å². The monoisotopic (exact) mass is 329 g/mol. The molecule has 1 aromatic rings. The second kappa shape index (κ2) is 7.21. The minimum Gasteiger partial charge on any atom is -0.384 e. The highest BCUT2D eigenvalue weighted by molar-refractivity contribution is 7.85. The molecule has 1 saturated heterocycles. The summed E-state index contributed by atoms with van der Waals surface area (Å²) in [7, 11) is -3.33. The molecule has 0 bridgehead atoms. The van der Waals surface area contributed by atoms with Gasteiger partial charge in [0.15, 0.2) is 0 Å². The summed E-state index contributed by atoms with van der Waals surface area (Å²) in [5.41, 5.74) is 5.76. The van der Waals surface area contributed by atoms with Crippen molar-refractivity contribution in [2.75, 3.05) is 56.2 Å². The van der Waals surface area contributed by atoms with Crippen LogP contribution in [-0.4, -0.2) is 68.9 Å². The molecule has 0 atom stereocenters. The normalized spacial score (nSPS) is 16.9. The molecule has 0 amide bonds. The van der Waals surface area contributed by atoms with Crippen LogP contribution in [0.5, 0.6) is 0 Å². The summed E-state index contributed by atoms with van der Waals surface area (Å²) in [6.45, 7) is 6.43. The predicted octanol–water partition coefficient (Wildman–Crippen LogP) is -0.144. The molecule has 2 heterocycles. The Hall–Kier alpha value is -1.45. The summed E-state index contributed by atoms with van der Waals surface area (Å²) < 4.78 is 26.5. The summed E-state index contributed by atoms with van der Waals surface area (Å²) in [5.74, 6) is 2.03. The molecule has 2 N–H and O–H groups in total. The van der Waals surface area contributed by atoms with E-state index in [0.29, 0.717) is 18.1 Å². The summed E-state index contributed by atoms with van der Waals surface area (Å²) in [6, 6.07) is 1.79. The van der Waals surface area contributed by atoms with Gasteiger partial charge < -0.3 is 10.6 Å². The number of nitrogens with two attached hydrogens (primary N) is 1. The Morgan fingerprint density at radius 3 is 2.55 bits per heavy atom. The Kier molecular flexibility index (Phi) is 5.54. The van der Waals surface area contributed by atoms with Gasteiger partial charge in [-0.1, -0.05) is 0 Å². The third-order valence-corrected chi connectivity index (χ3v) is 4.05. The van der Waals surface area contributed by atoms with Crippen LogP contribution >= 0.6 is 0 Å². The number of aromatic nitrogens is 2. The zero-order chi connectivity index (χ0) is 16.2. The summed E-state index contributed by atoms with van der Waals surface area (Å²) in [5, 5.41) is 0. The van der Waals surface area contributed by atoms with Gasteiger partial charge in [0, 0.05) is 38.8 Å². The molecule has 1 aliphatic rings. The van der Waals surface area contributed by atoms with E-state index in [9.17, 15) is 8.42 Å². The van der Waals surface area contributed by atoms with E-state index in [2.05, 4.69) is 19.8 Å². The fourth-order valence-corrected chi connectivity index (χ4v) is 2.86. The molecule has 0 unspecified atom stereocenters. The molecule has 0 saturated carbocycles. The number of aryl methyl sites for hydroxylation is 1. The van der Waals surface area contributed by atoms with Crippen molar-refractivity contribution in [2.24, 2.45) is 0 Å². The maximum absolute atomic E-state index is 10.9. The maximum Gasteiger partial charge on any atom is 0.264 e. The Morgan fingerprint density at radius 2 is 1.95 bits per heavy atom. The second-order valence-corrected chi connectivity index (χ2v) is 7.05. The Balaban J connectivity index is 1.76. The van der Waals surface area contributed by atoms with Gasteiger partial charge in [-0.3, -0.25) is 9.08 Å². The number of nitrogen functional groups attached to an aromatic ring is 1. The molecule has 0 spiro atoms. The molecule has 1 fully saturated rings. The molecule has 22 heavy (non-hydrogen) atoms. The number of hydrogen-bond acceptors (Lipinski definition) is 8. The SMILES string of the molecule is Cc1nc(N)cc(N2CCN(CCCOS(C)(=O)=O)CC2)n1. The van der Waals surface area contributed by atoms with Gasteiger partial charge in [-0.15, -0.1) is 0 Å². The van der Waals surface area contributed by atoms with Gasteiger partial charge in [-0.05, 0) is 13.3 Å². The number of anilines is 2. The standard InChI is InChI=1S/C13H23N5O3S/c1-11-15-12(14)10-13(16-11)18-7-5-17(6-8-18)4-3-9-21-22(2,19)20/h10H,3-9H2,1-2H3,(H2,14,15,16). The van der Waals surface area contributed by atoms with E-state index in [1.807, 2.05) is 6.92 Å². The van der Waals surface area contributed by atoms with Crippen molar-refractivity contribution in [3.8, 4) is 0 Å². The topological polar surface area (TPSA) is 102 Å². The minimum absolute atomic E-state index is 0.237. The molecule has 8 nitrogen and oxygen atoms in total. The van der Waals surface area contributed by atoms with E-state index in [-0.39, 0.29) is 6.61 Å². The van der Waals surface area contributed by atoms with Crippen molar-refractivity contribution in [3.05, 3.63) is 11.9 Å². The fourth-order valence-electron chi connectivity index (χ4n) is 2.44. The molecule has 124 valence electrons. The number of piperazine rings is 1. The van der Waals surface area contributed by atoms with E-state index < -0.39 is 10.1 Å². The van der Waals surface area contributed by atoms with Crippen molar-refractivity contribution < 1.29 is 12.6 Å². The smallest absolute Gasteiger partial charge is 0.264 e. The van der Waals surface area contributed by atoms with Gasteiger partial charge in [-0.2, -0.15) is 8.42 Å². The molecule has 0 radical (unpaired) electrons. The van der Waals surface area contributed by atoms with Crippen LogP contribution in [0.15, 0.2) is 6.07 Å². The van der Waals surface area contributed by atoms with Crippen molar-refractivity contribution in [3.63, 3.8) is 0 Å². The van der Waals surface area contributed by atoms with Crippen LogP contribution in [0.3, 0.4) is 0 Å². The third-order valence-electron chi connectivity index (χ3n) is 3.46. The maximum atomic E-state index is 10.9. The first-order valence-corrected chi connectivity index (χ1v) is 9.08. The highest BCUT2D eigenvalue weighted by Gasteiger charge is 2.18. The molecular formula is C13H23N5O3S. The zero-order valence-electron chi connectivity index (χ0n) is 13.0. The van der Waals surface area contributed by atoms with Gasteiger partial charge in [0.05, 0.1) is 12.9 Å². The quantitative estimate of drug-likeness (QED) is 0.568. The molecule has 9 heteroatoms. The molecular weight excluding hydrogens is 306 g/mol. The van der Waals surface area contributed by atoms with E-state index in [1.54, 1.807) is 6.07 Å². The van der Waals surface area contributed by atoms with Gasteiger partial charge in [0.2, 0.25) is 0 Å². The minimum atomic E-state index is -3.33. The zero-order valence-corrected chi connectivity index (χ0v) is 13.8. The fraction of sp³-hybridized carbons (Fsp3) is 0.692. The van der Waals surface area contributed by atoms with Crippen molar-refractivity contribution >= 4 is 21.8 Å². The lowest BCUT2D eigenvalue weighted by Crippen LogP contribution is -2.47. The first-order valence-electron chi connectivity index (χ1n) is 7.26. The Labute approximate surface area is 131 Å².